The van der Waals surface area contributed by atoms with Crippen LogP contribution < -0.4 is 56.5 Å². The van der Waals surface area contributed by atoms with Crippen LogP contribution in [-0.4, -0.2) is 4.92 Å². The van der Waals surface area contributed by atoms with Crippen molar-refractivity contribution in [2.45, 2.75) is 6.92 Å². The molecular weight excluding hydrogens is 137 g/mol. The summed E-state index contributed by atoms with van der Waals surface area (Å²) in [6.07, 6.45) is 0.417. The van der Waals surface area contributed by atoms with Gasteiger partial charge in [0.05, 0.1) is 4.92 Å². The number of allylic oxidation sites excluding steroid dienone is 1. The van der Waals surface area contributed by atoms with Crippen molar-refractivity contribution in [3.8, 4) is 0 Å². The fourth-order valence-corrected chi connectivity index (χ4v) is 0.148. The predicted molar refractivity (Wildman–Crippen MR) is 20.8 cm³/mol. The number of hydrogen-bond acceptors (Lipinski definition) is 3. The molecular formula is C3H4KNO3. The van der Waals surface area contributed by atoms with Crippen LogP contribution in [-0.2, 0) is 0 Å². The summed E-state index contributed by atoms with van der Waals surface area (Å²) in [5.41, 5.74) is 0. The largest absolute Gasteiger partial charge is 1.00 e. The van der Waals surface area contributed by atoms with Gasteiger partial charge in [-0.3, -0.25) is 10.1 Å². The van der Waals surface area contributed by atoms with E-state index in [9.17, 15) is 15.2 Å². The second kappa shape index (κ2) is 5.71. The van der Waals surface area contributed by atoms with Gasteiger partial charge in [-0.2, -0.15) is 0 Å². The molecule has 40 valence electrons. The van der Waals surface area contributed by atoms with Gasteiger partial charge in [0.15, 0.2) is 0 Å². The Morgan fingerprint density at radius 3 is 2.12 bits per heavy atom. The molecule has 0 aliphatic carbocycles. The van der Waals surface area contributed by atoms with Crippen LogP contribution in [0.25, 0.3) is 0 Å². The van der Waals surface area contributed by atoms with E-state index >= 15 is 0 Å². The molecule has 5 heteroatoms. The van der Waals surface area contributed by atoms with Gasteiger partial charge in [0, 0.05) is 0 Å². The van der Waals surface area contributed by atoms with Crippen LogP contribution >= 0.6 is 0 Å². The normalized spacial score (nSPS) is 9.88. The van der Waals surface area contributed by atoms with Gasteiger partial charge in [0.2, 0.25) is 6.20 Å². The Morgan fingerprint density at radius 2 is 2.12 bits per heavy atom. The zero-order valence-electron chi connectivity index (χ0n) is 4.75. The third kappa shape index (κ3) is 9.76. The van der Waals surface area contributed by atoms with Crippen LogP contribution in [0.4, 0.5) is 0 Å². The first-order valence-corrected chi connectivity index (χ1v) is 1.62. The molecule has 0 radical (unpaired) electrons. The molecule has 8 heavy (non-hydrogen) atoms. The van der Waals surface area contributed by atoms with Gasteiger partial charge in [0.1, 0.15) is 0 Å². The molecule has 0 saturated heterocycles. The summed E-state index contributed by atoms with van der Waals surface area (Å²) in [5, 5.41) is 19.1. The summed E-state index contributed by atoms with van der Waals surface area (Å²) in [5.74, 6) is -0.537. The average Bonchev–Trinajstić information content (AvgIpc) is 1.27. The van der Waals surface area contributed by atoms with E-state index in [0.29, 0.717) is 6.20 Å². The minimum absolute atomic E-state index is 0. The molecule has 0 saturated carbocycles. The van der Waals surface area contributed by atoms with Crippen molar-refractivity contribution in [2.75, 3.05) is 0 Å². The SMILES string of the molecule is C/C([O-])=C\[N+](=O)[O-].[K+]. The Labute approximate surface area is 89.1 Å². The maximum atomic E-state index is 9.76. The predicted octanol–water partition coefficient (Wildman–Crippen LogP) is -3.51. The van der Waals surface area contributed by atoms with E-state index in [1.165, 1.54) is 0 Å². The van der Waals surface area contributed by atoms with Crippen molar-refractivity contribution in [3.63, 3.8) is 0 Å². The molecule has 0 fully saturated rings. The zero-order chi connectivity index (χ0) is 5.86. The van der Waals surface area contributed by atoms with Crippen molar-refractivity contribution in [2.24, 2.45) is 0 Å². The van der Waals surface area contributed by atoms with Crippen molar-refractivity contribution in [3.05, 3.63) is 22.1 Å². The quantitative estimate of drug-likeness (QED) is 0.165. The summed E-state index contributed by atoms with van der Waals surface area (Å²) in [4.78, 5) is 8.56. The maximum Gasteiger partial charge on any atom is 1.00 e. The fourth-order valence-electron chi connectivity index (χ4n) is 0.148. The van der Waals surface area contributed by atoms with Gasteiger partial charge in [-0.05, 0) is 6.92 Å². The number of nitro groups is 1. The van der Waals surface area contributed by atoms with Crippen LogP contribution in [0.2, 0.25) is 0 Å². The summed E-state index contributed by atoms with van der Waals surface area (Å²) in [7, 11) is 0. The van der Waals surface area contributed by atoms with E-state index in [1.807, 2.05) is 0 Å². The van der Waals surface area contributed by atoms with E-state index in [0.717, 1.165) is 6.92 Å². The monoisotopic (exact) mass is 141 g/mol. The third-order valence-electron chi connectivity index (χ3n) is 0.287. The molecule has 0 aliphatic heterocycles. The van der Waals surface area contributed by atoms with E-state index < -0.39 is 10.7 Å². The second-order valence-corrected chi connectivity index (χ2v) is 1.03. The molecule has 4 nitrogen and oxygen atoms in total. The van der Waals surface area contributed by atoms with Gasteiger partial charge in [-0.15, -0.1) is 0 Å². The van der Waals surface area contributed by atoms with Gasteiger partial charge in [-0.1, -0.05) is 5.76 Å². The van der Waals surface area contributed by atoms with Gasteiger partial charge < -0.3 is 5.11 Å². The third-order valence-corrected chi connectivity index (χ3v) is 0.287. The van der Waals surface area contributed by atoms with Crippen LogP contribution in [0.5, 0.6) is 0 Å². The average molecular weight is 141 g/mol. The topological polar surface area (TPSA) is 66.2 Å². The zero-order valence-corrected chi connectivity index (χ0v) is 7.87. The summed E-state index contributed by atoms with van der Waals surface area (Å²) < 4.78 is 0. The second-order valence-electron chi connectivity index (χ2n) is 1.03. The molecule has 0 aromatic heterocycles. The van der Waals surface area contributed by atoms with Crippen LogP contribution in [0, 0.1) is 10.1 Å². The van der Waals surface area contributed by atoms with Crippen LogP contribution in [0.15, 0.2) is 12.0 Å². The molecule has 0 unspecified atom stereocenters. The minimum Gasteiger partial charge on any atom is -0.871 e. The fraction of sp³-hybridized carbons (Fsp3) is 0.333. The Hall–Kier alpha value is 0.576. The molecule has 0 amide bonds. The molecule has 0 bridgehead atoms. The first-order valence-electron chi connectivity index (χ1n) is 1.62. The van der Waals surface area contributed by atoms with E-state index in [2.05, 4.69) is 0 Å². The summed E-state index contributed by atoms with van der Waals surface area (Å²) in [6, 6.07) is 0. The van der Waals surface area contributed by atoms with Crippen molar-refractivity contribution >= 4 is 0 Å². The van der Waals surface area contributed by atoms with Gasteiger partial charge in [-0.25, -0.2) is 0 Å². The molecule has 0 rings (SSSR count). The number of hydrogen-bond donors (Lipinski definition) is 0. The Balaban J connectivity index is 0. The Bertz CT molecular complexity index is 107. The molecule has 0 aromatic rings. The molecule has 0 heterocycles. The van der Waals surface area contributed by atoms with E-state index in [-0.39, 0.29) is 51.4 Å². The van der Waals surface area contributed by atoms with Crippen LogP contribution in [0.3, 0.4) is 0 Å². The Morgan fingerprint density at radius 1 is 1.75 bits per heavy atom. The number of rotatable bonds is 1. The van der Waals surface area contributed by atoms with Crippen molar-refractivity contribution in [1.29, 1.82) is 0 Å². The summed E-state index contributed by atoms with van der Waals surface area (Å²) >= 11 is 0. The maximum absolute atomic E-state index is 9.76. The number of nitrogens with zero attached hydrogens (tertiary/aromatic N) is 1. The summed E-state index contributed by atoms with van der Waals surface area (Å²) in [6.45, 7) is 1.13. The van der Waals surface area contributed by atoms with E-state index in [1.54, 1.807) is 0 Å². The first-order chi connectivity index (χ1) is 3.13. The first kappa shape index (κ1) is 11.4. The smallest absolute Gasteiger partial charge is 0.871 e. The molecule has 0 spiro atoms. The standard InChI is InChI=1S/C3H5NO3.K/c1-3(5)2-4(6)7;/h2,5H,1H3;/q;+1/p-1/b3-2+;. The Kier molecular flexibility index (Phi) is 8.12. The van der Waals surface area contributed by atoms with Gasteiger partial charge in [0.25, 0.3) is 0 Å². The van der Waals surface area contributed by atoms with Gasteiger partial charge >= 0.3 is 51.4 Å². The van der Waals surface area contributed by atoms with Crippen molar-refractivity contribution < 1.29 is 61.4 Å². The van der Waals surface area contributed by atoms with Crippen molar-refractivity contribution in [1.82, 2.24) is 0 Å². The van der Waals surface area contributed by atoms with Crippen LogP contribution in [0.1, 0.15) is 6.92 Å². The molecule has 0 atom stereocenters. The van der Waals surface area contributed by atoms with E-state index in [4.69, 9.17) is 0 Å². The molecule has 0 N–H and O–H groups in total. The molecule has 0 aliphatic rings. The molecule has 0 aromatic carbocycles. The minimum atomic E-state index is -0.775.